The number of fused-ring (bicyclic) bond motifs is 1. The number of carbonyl (C=O) groups is 1. The van der Waals surface area contributed by atoms with E-state index in [0.29, 0.717) is 28.0 Å². The van der Waals surface area contributed by atoms with Gasteiger partial charge in [0.25, 0.3) is 5.56 Å². The molecular formula is C17H18ClN3O2S. The van der Waals surface area contributed by atoms with E-state index in [0.717, 1.165) is 11.3 Å². The molecule has 0 spiro atoms. The van der Waals surface area contributed by atoms with Gasteiger partial charge in [-0.25, -0.2) is 4.98 Å². The molecule has 24 heavy (non-hydrogen) atoms. The summed E-state index contributed by atoms with van der Waals surface area (Å²) in [6.07, 6.45) is 0.258. The van der Waals surface area contributed by atoms with E-state index in [2.05, 4.69) is 10.3 Å². The fourth-order valence-corrected chi connectivity index (χ4v) is 4.03. The Hall–Kier alpha value is -1.79. The molecule has 3 rings (SSSR count). The van der Waals surface area contributed by atoms with Crippen LogP contribution in [0.2, 0.25) is 5.02 Å². The molecule has 1 amide bonds. The SMILES string of the molecule is Cc1nc2n(c(=O)c1C)C(CC(=O)NCc1ccccc1Cl)CS2. The number of aryl methyl sites for hydroxylation is 1. The Balaban J connectivity index is 1.69. The van der Waals surface area contributed by atoms with Gasteiger partial charge < -0.3 is 5.32 Å². The fraction of sp³-hybridized carbons (Fsp3) is 0.353. The van der Waals surface area contributed by atoms with E-state index in [1.165, 1.54) is 11.8 Å². The number of halogens is 1. The molecule has 2 aromatic rings. The van der Waals surface area contributed by atoms with Gasteiger partial charge in [-0.3, -0.25) is 14.2 Å². The van der Waals surface area contributed by atoms with Gasteiger partial charge in [-0.1, -0.05) is 41.6 Å². The van der Waals surface area contributed by atoms with Crippen LogP contribution in [0.1, 0.15) is 29.3 Å². The molecule has 0 aliphatic carbocycles. The van der Waals surface area contributed by atoms with Crippen LogP contribution in [0.3, 0.4) is 0 Å². The lowest BCUT2D eigenvalue weighted by atomic mass is 10.2. The molecule has 0 bridgehead atoms. The van der Waals surface area contributed by atoms with Gasteiger partial charge in [-0.2, -0.15) is 0 Å². The van der Waals surface area contributed by atoms with Crippen molar-refractivity contribution in [1.82, 2.24) is 14.9 Å². The van der Waals surface area contributed by atoms with Crippen molar-refractivity contribution in [3.05, 3.63) is 56.5 Å². The van der Waals surface area contributed by atoms with Crippen LogP contribution in [0.15, 0.2) is 34.2 Å². The molecule has 5 nitrogen and oxygen atoms in total. The van der Waals surface area contributed by atoms with Crippen molar-refractivity contribution < 1.29 is 4.79 Å². The summed E-state index contributed by atoms with van der Waals surface area (Å²) < 4.78 is 1.65. The lowest BCUT2D eigenvalue weighted by molar-refractivity contribution is -0.121. The zero-order valence-electron chi connectivity index (χ0n) is 13.5. The predicted octanol–water partition coefficient (Wildman–Crippen LogP) is 2.87. The summed E-state index contributed by atoms with van der Waals surface area (Å²) >= 11 is 7.61. The second-order valence-corrected chi connectivity index (χ2v) is 7.21. The predicted molar refractivity (Wildman–Crippen MR) is 95.6 cm³/mol. The van der Waals surface area contributed by atoms with Gasteiger partial charge in [0.05, 0.1) is 6.04 Å². The second-order valence-electron chi connectivity index (χ2n) is 5.82. The molecule has 126 valence electrons. The van der Waals surface area contributed by atoms with Crippen LogP contribution in [0, 0.1) is 13.8 Å². The number of benzene rings is 1. The number of carbonyl (C=O) groups excluding carboxylic acids is 1. The highest BCUT2D eigenvalue weighted by Gasteiger charge is 2.28. The highest BCUT2D eigenvalue weighted by Crippen LogP contribution is 2.32. The molecule has 7 heteroatoms. The molecule has 1 aliphatic rings. The molecule has 0 fully saturated rings. The highest BCUT2D eigenvalue weighted by molar-refractivity contribution is 7.99. The molecule has 1 aromatic carbocycles. The minimum Gasteiger partial charge on any atom is -0.352 e. The number of aromatic nitrogens is 2. The van der Waals surface area contributed by atoms with Crippen molar-refractivity contribution in [1.29, 1.82) is 0 Å². The van der Waals surface area contributed by atoms with Crippen LogP contribution in [-0.4, -0.2) is 21.2 Å². The van der Waals surface area contributed by atoms with Gasteiger partial charge in [0.1, 0.15) is 0 Å². The molecular weight excluding hydrogens is 346 g/mol. The van der Waals surface area contributed by atoms with E-state index in [1.807, 2.05) is 25.1 Å². The normalized spacial score (nSPS) is 16.0. The minimum atomic E-state index is -0.157. The van der Waals surface area contributed by atoms with Crippen molar-refractivity contribution in [2.75, 3.05) is 5.75 Å². The third kappa shape index (κ3) is 3.35. The smallest absolute Gasteiger partial charge is 0.257 e. The standard InChI is InChI=1S/C17H18ClN3O2S/c1-10-11(2)20-17-21(16(10)23)13(9-24-17)7-15(22)19-8-12-5-3-4-6-14(12)18/h3-6,13H,7-9H2,1-2H3,(H,19,22). The molecule has 1 atom stereocenters. The molecule has 1 unspecified atom stereocenters. The van der Waals surface area contributed by atoms with Crippen LogP contribution in [0.5, 0.6) is 0 Å². The van der Waals surface area contributed by atoms with Gasteiger partial charge in [-0.05, 0) is 25.5 Å². The summed E-state index contributed by atoms with van der Waals surface area (Å²) in [6.45, 7) is 3.99. The van der Waals surface area contributed by atoms with Gasteiger partial charge in [0.2, 0.25) is 5.91 Å². The van der Waals surface area contributed by atoms with Crippen LogP contribution in [0.25, 0.3) is 0 Å². The van der Waals surface area contributed by atoms with Crippen molar-refractivity contribution in [3.63, 3.8) is 0 Å². The number of rotatable bonds is 4. The first kappa shape index (κ1) is 17.0. The van der Waals surface area contributed by atoms with Gasteiger partial charge >= 0.3 is 0 Å². The van der Waals surface area contributed by atoms with E-state index in [4.69, 9.17) is 11.6 Å². The summed E-state index contributed by atoms with van der Waals surface area (Å²) in [7, 11) is 0. The average Bonchev–Trinajstić information content (AvgIpc) is 2.94. The average molecular weight is 364 g/mol. The topological polar surface area (TPSA) is 64.0 Å². The second kappa shape index (κ2) is 6.99. The van der Waals surface area contributed by atoms with E-state index >= 15 is 0 Å². The summed E-state index contributed by atoms with van der Waals surface area (Å²) in [6, 6.07) is 7.25. The third-order valence-electron chi connectivity index (χ3n) is 4.18. The van der Waals surface area contributed by atoms with E-state index in [9.17, 15) is 9.59 Å². The Morgan fingerprint density at radius 1 is 1.42 bits per heavy atom. The lowest BCUT2D eigenvalue weighted by Gasteiger charge is -2.14. The first-order valence-electron chi connectivity index (χ1n) is 7.70. The lowest BCUT2D eigenvalue weighted by Crippen LogP contribution is -2.31. The number of thioether (sulfide) groups is 1. The molecule has 0 saturated heterocycles. The summed E-state index contributed by atoms with van der Waals surface area (Å²) in [5.41, 5.74) is 2.22. The molecule has 0 saturated carbocycles. The number of hydrogen-bond acceptors (Lipinski definition) is 4. The van der Waals surface area contributed by atoms with Gasteiger partial charge in [0, 0.05) is 35.0 Å². The van der Waals surface area contributed by atoms with Gasteiger partial charge in [-0.15, -0.1) is 0 Å². The van der Waals surface area contributed by atoms with Gasteiger partial charge in [0.15, 0.2) is 5.16 Å². The quantitative estimate of drug-likeness (QED) is 0.848. The molecule has 1 aromatic heterocycles. The zero-order chi connectivity index (χ0) is 17.3. The van der Waals surface area contributed by atoms with Crippen LogP contribution >= 0.6 is 23.4 Å². The minimum absolute atomic E-state index is 0.0496. The van der Waals surface area contributed by atoms with Crippen molar-refractivity contribution in [2.45, 2.75) is 38.0 Å². The Kier molecular flexibility index (Phi) is 4.96. The fourth-order valence-electron chi connectivity index (χ4n) is 2.64. The van der Waals surface area contributed by atoms with E-state index in [1.54, 1.807) is 17.6 Å². The number of nitrogens with one attached hydrogen (secondary N) is 1. The van der Waals surface area contributed by atoms with Crippen molar-refractivity contribution in [2.24, 2.45) is 0 Å². The number of hydrogen-bond donors (Lipinski definition) is 1. The Morgan fingerprint density at radius 3 is 2.92 bits per heavy atom. The summed E-state index contributed by atoms with van der Waals surface area (Å²) in [5, 5.41) is 4.21. The molecule has 1 aliphatic heterocycles. The Bertz CT molecular complexity index is 850. The van der Waals surface area contributed by atoms with E-state index < -0.39 is 0 Å². The Morgan fingerprint density at radius 2 is 2.17 bits per heavy atom. The maximum absolute atomic E-state index is 12.5. The molecule has 1 N–H and O–H groups in total. The molecule has 2 heterocycles. The van der Waals surface area contributed by atoms with Crippen LogP contribution in [-0.2, 0) is 11.3 Å². The van der Waals surface area contributed by atoms with Crippen LogP contribution < -0.4 is 10.9 Å². The Labute approximate surface area is 149 Å². The monoisotopic (exact) mass is 363 g/mol. The number of amides is 1. The van der Waals surface area contributed by atoms with Crippen molar-refractivity contribution in [3.8, 4) is 0 Å². The van der Waals surface area contributed by atoms with Crippen molar-refractivity contribution >= 4 is 29.3 Å². The third-order valence-corrected chi connectivity index (χ3v) is 5.64. The molecule has 0 radical (unpaired) electrons. The zero-order valence-corrected chi connectivity index (χ0v) is 15.1. The highest BCUT2D eigenvalue weighted by atomic mass is 35.5. The van der Waals surface area contributed by atoms with E-state index in [-0.39, 0.29) is 23.9 Å². The van der Waals surface area contributed by atoms with Crippen LogP contribution in [0.4, 0.5) is 0 Å². The maximum Gasteiger partial charge on any atom is 0.257 e. The summed E-state index contributed by atoms with van der Waals surface area (Å²) in [5.74, 6) is 0.587. The first-order valence-corrected chi connectivity index (χ1v) is 9.06. The number of nitrogens with zero attached hydrogens (tertiary/aromatic N) is 2. The largest absolute Gasteiger partial charge is 0.352 e. The maximum atomic E-state index is 12.5. The summed E-state index contributed by atoms with van der Waals surface area (Å²) in [4.78, 5) is 29.2. The first-order chi connectivity index (χ1) is 11.5.